The first-order valence-electron chi connectivity index (χ1n) is 9.82. The summed E-state index contributed by atoms with van der Waals surface area (Å²) < 4.78 is 5.34. The zero-order chi connectivity index (χ0) is 19.8. The van der Waals surface area contributed by atoms with E-state index < -0.39 is 5.60 Å². The molecule has 152 valence electrons. The molecule has 26 heavy (non-hydrogen) atoms. The van der Waals surface area contributed by atoms with E-state index in [1.165, 1.54) is 0 Å². The van der Waals surface area contributed by atoms with Gasteiger partial charge >= 0.3 is 6.09 Å². The molecular weight excluding hydrogens is 332 g/mol. The molecule has 0 spiro atoms. The average Bonchev–Trinajstić information content (AvgIpc) is 3.01. The van der Waals surface area contributed by atoms with Gasteiger partial charge in [-0.2, -0.15) is 0 Å². The Hall–Kier alpha value is -1.50. The maximum atomic E-state index is 12.0. The minimum atomic E-state index is -0.493. The highest BCUT2D eigenvalue weighted by Gasteiger charge is 2.29. The minimum Gasteiger partial charge on any atom is -0.444 e. The fourth-order valence-corrected chi connectivity index (χ4v) is 2.96. The number of nitrogens with zero attached hydrogens (tertiary/aromatic N) is 2. The number of aliphatic imine (C=N–C) groups is 1. The van der Waals surface area contributed by atoms with Gasteiger partial charge in [0.1, 0.15) is 5.60 Å². The number of aliphatic hydroxyl groups is 1. The number of amides is 1. The molecule has 1 rings (SSSR count). The van der Waals surface area contributed by atoms with E-state index in [1.54, 1.807) is 0 Å². The fourth-order valence-electron chi connectivity index (χ4n) is 2.96. The summed E-state index contributed by atoms with van der Waals surface area (Å²) in [7, 11) is 0. The molecule has 1 fully saturated rings. The average molecular weight is 371 g/mol. The first-order valence-corrected chi connectivity index (χ1v) is 9.82. The highest BCUT2D eigenvalue weighted by Crippen LogP contribution is 2.26. The van der Waals surface area contributed by atoms with Crippen molar-refractivity contribution < 1.29 is 14.6 Å². The monoisotopic (exact) mass is 370 g/mol. The quantitative estimate of drug-likeness (QED) is 0.473. The maximum Gasteiger partial charge on any atom is 0.407 e. The number of hydrogen-bond acceptors (Lipinski definition) is 4. The first kappa shape index (κ1) is 22.5. The number of rotatable bonds is 7. The molecule has 7 nitrogen and oxygen atoms in total. The van der Waals surface area contributed by atoms with Crippen LogP contribution in [0.25, 0.3) is 0 Å². The van der Waals surface area contributed by atoms with E-state index in [0.29, 0.717) is 13.1 Å². The van der Waals surface area contributed by atoms with Crippen LogP contribution >= 0.6 is 0 Å². The van der Waals surface area contributed by atoms with Gasteiger partial charge in [-0.05, 0) is 47.0 Å². The van der Waals surface area contributed by atoms with Gasteiger partial charge < -0.3 is 25.4 Å². The summed E-state index contributed by atoms with van der Waals surface area (Å²) >= 11 is 0. The third kappa shape index (κ3) is 7.02. The van der Waals surface area contributed by atoms with Crippen molar-refractivity contribution in [1.82, 2.24) is 15.5 Å². The zero-order valence-corrected chi connectivity index (χ0v) is 17.4. The van der Waals surface area contributed by atoms with Crippen molar-refractivity contribution in [2.45, 2.75) is 72.4 Å². The van der Waals surface area contributed by atoms with Crippen LogP contribution in [0, 0.1) is 5.41 Å². The molecule has 3 N–H and O–H groups in total. The third-order valence-electron chi connectivity index (χ3n) is 4.94. The summed E-state index contributed by atoms with van der Waals surface area (Å²) in [6.07, 6.45) is 2.27. The largest absolute Gasteiger partial charge is 0.444 e. The Labute approximate surface area is 158 Å². The van der Waals surface area contributed by atoms with Crippen molar-refractivity contribution in [3.8, 4) is 0 Å². The van der Waals surface area contributed by atoms with E-state index in [2.05, 4.69) is 29.4 Å². The van der Waals surface area contributed by atoms with E-state index in [0.717, 1.165) is 38.3 Å². The molecule has 0 unspecified atom stereocenters. The number of ether oxygens (including phenoxy) is 1. The second kappa shape index (κ2) is 10.00. The van der Waals surface area contributed by atoms with Gasteiger partial charge in [0.15, 0.2) is 5.96 Å². The Kier molecular flexibility index (Phi) is 8.67. The van der Waals surface area contributed by atoms with Crippen molar-refractivity contribution >= 4 is 12.1 Å². The Balaban J connectivity index is 2.69. The number of carbonyl (C=O) groups is 1. The SMILES string of the molecule is CCNC(=NCC(CC)(CC)CO)N1CC[C@@H](NC(=O)OC(C)(C)C)C1. The van der Waals surface area contributed by atoms with Crippen molar-refractivity contribution in [3.05, 3.63) is 0 Å². The second-order valence-electron chi connectivity index (χ2n) is 8.11. The summed E-state index contributed by atoms with van der Waals surface area (Å²) in [5.41, 5.74) is -0.652. The van der Waals surface area contributed by atoms with Gasteiger partial charge in [0.2, 0.25) is 0 Å². The second-order valence-corrected chi connectivity index (χ2v) is 8.11. The molecule has 1 aliphatic rings. The Bertz CT molecular complexity index is 462. The summed E-state index contributed by atoms with van der Waals surface area (Å²) in [5, 5.41) is 16.0. The topological polar surface area (TPSA) is 86.2 Å². The minimum absolute atomic E-state index is 0.0497. The van der Waals surface area contributed by atoms with Gasteiger partial charge in [-0.3, -0.25) is 4.99 Å². The third-order valence-corrected chi connectivity index (χ3v) is 4.94. The standard InChI is InChI=1S/C19H38N4O3/c1-7-19(8-2,14-24)13-21-16(20-9-3)23-11-10-15(12-23)22-17(25)26-18(4,5)6/h15,24H,7-14H2,1-6H3,(H,20,21)(H,22,25)/t15-/m1/s1. The normalized spacial score (nSPS) is 18.8. The van der Waals surface area contributed by atoms with E-state index in [1.807, 2.05) is 27.7 Å². The molecule has 7 heteroatoms. The van der Waals surface area contributed by atoms with Crippen LogP contribution in [0.15, 0.2) is 4.99 Å². The Morgan fingerprint density at radius 3 is 2.42 bits per heavy atom. The van der Waals surface area contributed by atoms with Crippen molar-refractivity contribution in [3.63, 3.8) is 0 Å². The van der Waals surface area contributed by atoms with Crippen molar-refractivity contribution in [2.75, 3.05) is 32.8 Å². The smallest absolute Gasteiger partial charge is 0.407 e. The molecule has 0 aromatic carbocycles. The van der Waals surface area contributed by atoms with E-state index in [9.17, 15) is 9.90 Å². The summed E-state index contributed by atoms with van der Waals surface area (Å²) in [6, 6.07) is 0.0497. The molecule has 1 amide bonds. The van der Waals surface area contributed by atoms with E-state index >= 15 is 0 Å². The van der Waals surface area contributed by atoms with Crippen LogP contribution in [0.1, 0.15) is 60.8 Å². The maximum absolute atomic E-state index is 12.0. The number of aliphatic hydroxyl groups excluding tert-OH is 1. The predicted octanol–water partition coefficient (Wildman–Crippen LogP) is 2.35. The van der Waals surface area contributed by atoms with Gasteiger partial charge in [-0.1, -0.05) is 13.8 Å². The fraction of sp³-hybridized carbons (Fsp3) is 0.895. The zero-order valence-electron chi connectivity index (χ0n) is 17.4. The van der Waals surface area contributed by atoms with Gasteiger partial charge in [0, 0.05) is 25.0 Å². The molecule has 1 saturated heterocycles. The molecular formula is C19H38N4O3. The lowest BCUT2D eigenvalue weighted by atomic mass is 9.83. The molecule has 0 aliphatic carbocycles. The molecule has 0 saturated carbocycles. The number of nitrogens with one attached hydrogen (secondary N) is 2. The van der Waals surface area contributed by atoms with Crippen LogP contribution in [0.4, 0.5) is 4.79 Å². The van der Waals surface area contributed by atoms with Gasteiger partial charge in [-0.25, -0.2) is 4.79 Å². The number of hydrogen-bond donors (Lipinski definition) is 3. The van der Waals surface area contributed by atoms with Crippen LogP contribution in [0.5, 0.6) is 0 Å². The Morgan fingerprint density at radius 1 is 1.27 bits per heavy atom. The Morgan fingerprint density at radius 2 is 1.92 bits per heavy atom. The predicted molar refractivity (Wildman–Crippen MR) is 105 cm³/mol. The summed E-state index contributed by atoms with van der Waals surface area (Å²) in [5.74, 6) is 0.848. The number of carbonyl (C=O) groups excluding carboxylic acids is 1. The van der Waals surface area contributed by atoms with E-state index in [-0.39, 0.29) is 24.2 Å². The molecule has 1 atom stereocenters. The van der Waals surface area contributed by atoms with Gasteiger partial charge in [0.25, 0.3) is 0 Å². The van der Waals surface area contributed by atoms with E-state index in [4.69, 9.17) is 9.73 Å². The first-order chi connectivity index (χ1) is 12.2. The number of guanidine groups is 1. The summed E-state index contributed by atoms with van der Waals surface area (Å²) in [4.78, 5) is 18.9. The molecule has 1 heterocycles. The van der Waals surface area contributed by atoms with Crippen molar-refractivity contribution in [2.24, 2.45) is 10.4 Å². The van der Waals surface area contributed by atoms with Crippen LogP contribution in [-0.2, 0) is 4.74 Å². The van der Waals surface area contributed by atoms with Gasteiger partial charge in [-0.15, -0.1) is 0 Å². The van der Waals surface area contributed by atoms with Crippen LogP contribution < -0.4 is 10.6 Å². The highest BCUT2D eigenvalue weighted by molar-refractivity contribution is 5.80. The lowest BCUT2D eigenvalue weighted by molar-refractivity contribution is 0.0507. The lowest BCUT2D eigenvalue weighted by Crippen LogP contribution is -2.44. The molecule has 0 aromatic rings. The lowest BCUT2D eigenvalue weighted by Gasteiger charge is -2.29. The molecule has 0 bridgehead atoms. The van der Waals surface area contributed by atoms with Crippen molar-refractivity contribution in [1.29, 1.82) is 0 Å². The molecule has 1 aliphatic heterocycles. The van der Waals surface area contributed by atoms with Crippen LogP contribution in [0.3, 0.4) is 0 Å². The van der Waals surface area contributed by atoms with Gasteiger partial charge in [0.05, 0.1) is 19.2 Å². The molecule has 0 radical (unpaired) electrons. The number of likely N-dealkylation sites (tertiary alicyclic amines) is 1. The summed E-state index contributed by atoms with van der Waals surface area (Å²) in [6.45, 7) is 14.9. The van der Waals surface area contributed by atoms with Crippen LogP contribution in [0.2, 0.25) is 0 Å². The molecule has 0 aromatic heterocycles. The number of alkyl carbamates (subject to hydrolysis) is 1. The highest BCUT2D eigenvalue weighted by atomic mass is 16.6. The van der Waals surface area contributed by atoms with Crippen LogP contribution in [-0.4, -0.2) is 66.5 Å².